The largest absolute Gasteiger partial charge is 1.00 e. The lowest BCUT2D eigenvalue weighted by Gasteiger charge is -2.10. The minimum absolute atomic E-state index is 0. The van der Waals surface area contributed by atoms with Crippen LogP contribution < -0.4 is 22.3 Å². The highest BCUT2D eigenvalue weighted by Crippen LogP contribution is 2.28. The van der Waals surface area contributed by atoms with Crippen LogP contribution in [-0.4, -0.2) is 6.54 Å². The summed E-state index contributed by atoms with van der Waals surface area (Å²) in [6.07, 6.45) is 0. The number of aryl methyl sites for hydroxylation is 1. The number of fused-ring (bicyclic) bond motifs is 2. The van der Waals surface area contributed by atoms with E-state index in [1.807, 2.05) is 0 Å². The molecule has 0 amide bonds. The molecule has 0 atom stereocenters. The smallest absolute Gasteiger partial charge is 0.214 e. The van der Waals surface area contributed by atoms with Gasteiger partial charge in [-0.25, -0.2) is 0 Å². The number of nitrogens with zero attached hydrogens (tertiary/aromatic N) is 1. The van der Waals surface area contributed by atoms with E-state index in [9.17, 15) is 0 Å². The molecule has 2 aromatic carbocycles. The molecule has 0 fully saturated rings. The lowest BCUT2D eigenvalue weighted by molar-refractivity contribution is -0.617. The van der Waals surface area contributed by atoms with Crippen molar-refractivity contribution in [1.82, 2.24) is 0 Å². The number of halogens is 1. The zero-order valence-electron chi connectivity index (χ0n) is 11.2. The van der Waals surface area contributed by atoms with E-state index in [1.54, 1.807) is 0 Å². The zero-order chi connectivity index (χ0) is 12.5. The van der Waals surface area contributed by atoms with Gasteiger partial charge in [0.25, 0.3) is 0 Å². The third-order valence-electron chi connectivity index (χ3n) is 3.42. The number of pyridine rings is 1. The van der Waals surface area contributed by atoms with Gasteiger partial charge in [0.05, 0.1) is 16.5 Å². The number of hydrogen-bond donors (Lipinski definition) is 1. The molecular formula is C16H17ClN2. The van der Waals surface area contributed by atoms with Crippen LogP contribution in [0.5, 0.6) is 0 Å². The number of rotatable bonds is 2. The quantitative estimate of drug-likeness (QED) is 0.523. The van der Waals surface area contributed by atoms with Gasteiger partial charge in [0.15, 0.2) is 0 Å². The topological polar surface area (TPSA) is 15.9 Å². The fourth-order valence-corrected chi connectivity index (χ4v) is 2.60. The van der Waals surface area contributed by atoms with Crippen molar-refractivity contribution in [2.75, 3.05) is 11.9 Å². The molecule has 0 aliphatic rings. The molecule has 0 aliphatic carbocycles. The van der Waals surface area contributed by atoms with Gasteiger partial charge >= 0.3 is 0 Å². The van der Waals surface area contributed by atoms with E-state index in [0.29, 0.717) is 0 Å². The van der Waals surface area contributed by atoms with E-state index in [4.69, 9.17) is 0 Å². The van der Waals surface area contributed by atoms with Crippen LogP contribution in [0.1, 0.15) is 6.92 Å². The van der Waals surface area contributed by atoms with Crippen molar-refractivity contribution in [3.8, 4) is 0 Å². The molecule has 2 nitrogen and oxygen atoms in total. The summed E-state index contributed by atoms with van der Waals surface area (Å²) in [5, 5.41) is 6.06. The summed E-state index contributed by atoms with van der Waals surface area (Å²) in [6.45, 7) is 3.07. The Morgan fingerprint density at radius 1 is 0.895 bits per heavy atom. The van der Waals surface area contributed by atoms with Gasteiger partial charge in [0, 0.05) is 18.7 Å². The Labute approximate surface area is 119 Å². The first kappa shape index (κ1) is 13.6. The molecule has 3 heteroatoms. The summed E-state index contributed by atoms with van der Waals surface area (Å²) >= 11 is 0. The lowest BCUT2D eigenvalue weighted by Crippen LogP contribution is -3.00. The zero-order valence-corrected chi connectivity index (χ0v) is 11.9. The molecule has 0 saturated carbocycles. The number of hydrogen-bond acceptors (Lipinski definition) is 1. The highest BCUT2D eigenvalue weighted by molar-refractivity contribution is 6.04. The SMILES string of the molecule is CCNc1c2ccccc2[n+](C)c2ccccc12.[Cl-]. The van der Waals surface area contributed by atoms with Gasteiger partial charge in [-0.15, -0.1) is 0 Å². The Morgan fingerprint density at radius 3 is 1.84 bits per heavy atom. The Balaban J connectivity index is 0.00000133. The van der Waals surface area contributed by atoms with Crippen molar-refractivity contribution in [1.29, 1.82) is 0 Å². The van der Waals surface area contributed by atoms with Crippen LogP contribution in [0.2, 0.25) is 0 Å². The average Bonchev–Trinajstić information content (AvgIpc) is 2.43. The number of nitrogens with one attached hydrogen (secondary N) is 1. The maximum Gasteiger partial charge on any atom is 0.214 e. The maximum absolute atomic E-state index is 3.51. The summed E-state index contributed by atoms with van der Waals surface area (Å²) in [5.41, 5.74) is 3.75. The summed E-state index contributed by atoms with van der Waals surface area (Å²) < 4.78 is 2.26. The van der Waals surface area contributed by atoms with Gasteiger partial charge in [0.2, 0.25) is 11.0 Å². The van der Waals surface area contributed by atoms with Crippen molar-refractivity contribution >= 4 is 27.5 Å². The molecule has 0 spiro atoms. The van der Waals surface area contributed by atoms with Gasteiger partial charge < -0.3 is 17.7 Å². The summed E-state index contributed by atoms with van der Waals surface area (Å²) in [7, 11) is 2.13. The highest BCUT2D eigenvalue weighted by Gasteiger charge is 2.15. The minimum Gasteiger partial charge on any atom is -1.00 e. The molecule has 0 unspecified atom stereocenters. The molecule has 19 heavy (non-hydrogen) atoms. The van der Waals surface area contributed by atoms with E-state index in [-0.39, 0.29) is 12.4 Å². The maximum atomic E-state index is 3.51. The van der Waals surface area contributed by atoms with E-state index in [2.05, 4.69) is 72.4 Å². The second-order valence-corrected chi connectivity index (χ2v) is 4.50. The Morgan fingerprint density at radius 2 is 1.37 bits per heavy atom. The fraction of sp³-hybridized carbons (Fsp3) is 0.188. The highest BCUT2D eigenvalue weighted by atomic mass is 35.5. The average molecular weight is 273 g/mol. The molecule has 1 aromatic heterocycles. The van der Waals surface area contributed by atoms with Gasteiger partial charge in [-0.2, -0.15) is 4.57 Å². The van der Waals surface area contributed by atoms with Crippen molar-refractivity contribution < 1.29 is 17.0 Å². The molecule has 3 aromatic rings. The molecule has 98 valence electrons. The third kappa shape index (κ3) is 2.13. The van der Waals surface area contributed by atoms with Crippen LogP contribution in [0.15, 0.2) is 48.5 Å². The van der Waals surface area contributed by atoms with Gasteiger partial charge in [0.1, 0.15) is 7.05 Å². The lowest BCUT2D eigenvalue weighted by atomic mass is 10.1. The standard InChI is InChI=1S/C16H16N2.ClH/c1-3-17-16-12-8-4-6-10-14(12)18(2)15-11-7-5-9-13(15)16;/h4-11H,3H2,1-2H3;1H. The number of aromatic nitrogens is 1. The molecule has 0 bridgehead atoms. The summed E-state index contributed by atoms with van der Waals surface area (Å²) in [6, 6.07) is 17.1. The first-order valence-corrected chi connectivity index (χ1v) is 6.36. The molecule has 0 radical (unpaired) electrons. The van der Waals surface area contributed by atoms with Crippen LogP contribution in [-0.2, 0) is 7.05 Å². The molecule has 1 heterocycles. The van der Waals surface area contributed by atoms with Crippen molar-refractivity contribution in [2.24, 2.45) is 7.05 Å². The van der Waals surface area contributed by atoms with Crippen LogP contribution in [0.25, 0.3) is 21.8 Å². The second kappa shape index (κ2) is 5.45. The minimum atomic E-state index is 0. The van der Waals surface area contributed by atoms with Gasteiger partial charge in [-0.05, 0) is 19.1 Å². The van der Waals surface area contributed by atoms with Gasteiger partial charge in [-0.1, -0.05) is 24.3 Å². The van der Waals surface area contributed by atoms with Crippen LogP contribution in [0.4, 0.5) is 5.69 Å². The van der Waals surface area contributed by atoms with E-state index < -0.39 is 0 Å². The van der Waals surface area contributed by atoms with Crippen LogP contribution in [0.3, 0.4) is 0 Å². The Hall–Kier alpha value is -1.80. The van der Waals surface area contributed by atoms with E-state index >= 15 is 0 Å². The first-order valence-electron chi connectivity index (χ1n) is 6.36. The number of para-hydroxylation sites is 2. The number of benzene rings is 2. The first-order chi connectivity index (χ1) is 8.83. The predicted octanol–water partition coefficient (Wildman–Crippen LogP) is 0.253. The Bertz CT molecular complexity index is 665. The Kier molecular flexibility index (Phi) is 3.91. The molecule has 1 N–H and O–H groups in total. The van der Waals surface area contributed by atoms with Crippen molar-refractivity contribution in [3.05, 3.63) is 48.5 Å². The summed E-state index contributed by atoms with van der Waals surface area (Å²) in [5.74, 6) is 0. The fourth-order valence-electron chi connectivity index (χ4n) is 2.60. The van der Waals surface area contributed by atoms with Crippen molar-refractivity contribution in [2.45, 2.75) is 6.92 Å². The normalized spacial score (nSPS) is 10.4. The van der Waals surface area contributed by atoms with Crippen LogP contribution >= 0.6 is 0 Å². The monoisotopic (exact) mass is 272 g/mol. The number of anilines is 1. The van der Waals surface area contributed by atoms with E-state index in [1.165, 1.54) is 27.5 Å². The third-order valence-corrected chi connectivity index (χ3v) is 3.42. The molecule has 0 saturated heterocycles. The van der Waals surface area contributed by atoms with Crippen molar-refractivity contribution in [3.63, 3.8) is 0 Å². The molecule has 3 rings (SSSR count). The molecular weight excluding hydrogens is 256 g/mol. The molecule has 0 aliphatic heterocycles. The van der Waals surface area contributed by atoms with Gasteiger partial charge in [-0.3, -0.25) is 0 Å². The predicted molar refractivity (Wildman–Crippen MR) is 76.8 cm³/mol. The second-order valence-electron chi connectivity index (χ2n) is 4.50. The summed E-state index contributed by atoms with van der Waals surface area (Å²) in [4.78, 5) is 0. The van der Waals surface area contributed by atoms with E-state index in [0.717, 1.165) is 6.54 Å². The van der Waals surface area contributed by atoms with Crippen LogP contribution in [0, 0.1) is 0 Å².